The van der Waals surface area contributed by atoms with Crippen molar-refractivity contribution >= 4 is 17.7 Å². The molecule has 1 saturated carbocycles. The highest BCUT2D eigenvalue weighted by Gasteiger charge is 2.28. The molecule has 188 valence electrons. The van der Waals surface area contributed by atoms with E-state index in [4.69, 9.17) is 5.73 Å². The third-order valence-corrected chi connectivity index (χ3v) is 5.43. The molecule has 1 aliphatic carbocycles. The van der Waals surface area contributed by atoms with Gasteiger partial charge in [0.15, 0.2) is 0 Å². The number of nitrogens with two attached hydrogens (primary N) is 1. The first-order chi connectivity index (χ1) is 15.2. The molecule has 7 heteroatoms. The van der Waals surface area contributed by atoms with Gasteiger partial charge in [0.1, 0.15) is 6.04 Å². The molecule has 0 aromatic heterocycles. The van der Waals surface area contributed by atoms with Gasteiger partial charge in [-0.05, 0) is 44.1 Å². The van der Waals surface area contributed by atoms with Gasteiger partial charge in [-0.3, -0.25) is 14.4 Å². The Balaban J connectivity index is 0.00000220. The van der Waals surface area contributed by atoms with Crippen LogP contribution in [-0.2, 0) is 14.4 Å². The quantitative estimate of drug-likeness (QED) is 0.349. The third-order valence-electron chi connectivity index (χ3n) is 5.43. The Labute approximate surface area is 196 Å². The van der Waals surface area contributed by atoms with Crippen LogP contribution < -0.4 is 16.4 Å². The Kier molecular flexibility index (Phi) is 17.9. The summed E-state index contributed by atoms with van der Waals surface area (Å²) in [6.07, 6.45) is 11.2. The second kappa shape index (κ2) is 18.9. The smallest absolute Gasteiger partial charge is 0.243 e. The van der Waals surface area contributed by atoms with Crippen LogP contribution >= 0.6 is 0 Å². The molecule has 0 bridgehead atoms. The van der Waals surface area contributed by atoms with Gasteiger partial charge in [0.05, 0.1) is 13.1 Å². The van der Waals surface area contributed by atoms with E-state index in [1.54, 1.807) is 4.90 Å². The summed E-state index contributed by atoms with van der Waals surface area (Å²) in [5.41, 5.74) is 5.11. The van der Waals surface area contributed by atoms with Gasteiger partial charge >= 0.3 is 0 Å². The lowest BCUT2D eigenvalue weighted by molar-refractivity contribution is -0.140. The van der Waals surface area contributed by atoms with Crippen molar-refractivity contribution in [2.24, 2.45) is 17.6 Å². The number of hydrogen-bond acceptors (Lipinski definition) is 4. The summed E-state index contributed by atoms with van der Waals surface area (Å²) in [6, 6.07) is -0.555. The summed E-state index contributed by atoms with van der Waals surface area (Å²) in [5.74, 6) is 0.731. The molecular formula is C25H50N4O3. The number of rotatable bonds is 14. The molecule has 32 heavy (non-hydrogen) atoms. The van der Waals surface area contributed by atoms with Crippen LogP contribution in [0.15, 0.2) is 0 Å². The maximum Gasteiger partial charge on any atom is 0.243 e. The first-order valence-corrected chi connectivity index (χ1v) is 12.8. The van der Waals surface area contributed by atoms with Gasteiger partial charge in [0.2, 0.25) is 17.7 Å². The van der Waals surface area contributed by atoms with Crippen LogP contribution in [0, 0.1) is 11.8 Å². The number of amides is 3. The molecule has 0 aromatic carbocycles. The van der Waals surface area contributed by atoms with E-state index >= 15 is 0 Å². The number of hydrogen-bond donors (Lipinski definition) is 3. The predicted octanol–water partition coefficient (Wildman–Crippen LogP) is 3.61. The van der Waals surface area contributed by atoms with Crippen LogP contribution in [0.25, 0.3) is 0 Å². The summed E-state index contributed by atoms with van der Waals surface area (Å²) < 4.78 is 0. The van der Waals surface area contributed by atoms with Crippen molar-refractivity contribution in [2.45, 2.75) is 105 Å². The van der Waals surface area contributed by atoms with E-state index in [1.807, 2.05) is 13.8 Å². The summed E-state index contributed by atoms with van der Waals surface area (Å²) in [5, 5.41) is 5.80. The monoisotopic (exact) mass is 454 g/mol. The lowest BCUT2D eigenvalue weighted by Gasteiger charge is -2.31. The molecule has 4 N–H and O–H groups in total. The highest BCUT2D eigenvalue weighted by Crippen LogP contribution is 2.26. The first-order valence-electron chi connectivity index (χ1n) is 12.8. The minimum Gasteiger partial charge on any atom is -0.368 e. The normalized spacial score (nSPS) is 14.9. The Hall–Kier alpha value is -1.63. The Morgan fingerprint density at radius 1 is 1.00 bits per heavy atom. The van der Waals surface area contributed by atoms with Crippen molar-refractivity contribution in [3.63, 3.8) is 0 Å². The summed E-state index contributed by atoms with van der Waals surface area (Å²) in [6.45, 7) is 11.9. The lowest BCUT2D eigenvalue weighted by atomic mass is 9.86. The molecule has 1 fully saturated rings. The maximum absolute atomic E-state index is 12.7. The maximum atomic E-state index is 12.7. The van der Waals surface area contributed by atoms with Gasteiger partial charge in [-0.25, -0.2) is 0 Å². The van der Waals surface area contributed by atoms with Gasteiger partial charge in [-0.15, -0.1) is 0 Å². The van der Waals surface area contributed by atoms with E-state index in [2.05, 4.69) is 31.4 Å². The topological polar surface area (TPSA) is 105 Å². The fraction of sp³-hybridized carbons (Fsp3) is 0.880. The molecule has 0 aromatic rings. The van der Waals surface area contributed by atoms with Gasteiger partial charge < -0.3 is 21.3 Å². The first kappa shape index (κ1) is 30.4. The second-order valence-electron chi connectivity index (χ2n) is 9.63. The van der Waals surface area contributed by atoms with E-state index in [0.717, 1.165) is 37.6 Å². The van der Waals surface area contributed by atoms with Gasteiger partial charge in [-0.1, -0.05) is 73.1 Å². The largest absolute Gasteiger partial charge is 0.368 e. The molecule has 3 amide bonds. The third kappa shape index (κ3) is 15.2. The minimum atomic E-state index is -0.586. The molecule has 1 unspecified atom stereocenters. The molecule has 0 heterocycles. The van der Waals surface area contributed by atoms with E-state index < -0.39 is 11.9 Å². The Morgan fingerprint density at radius 2 is 1.62 bits per heavy atom. The number of carbonyl (C=O) groups excluding carboxylic acids is 3. The Morgan fingerprint density at radius 3 is 2.16 bits per heavy atom. The van der Waals surface area contributed by atoms with Crippen molar-refractivity contribution in [1.82, 2.24) is 15.5 Å². The van der Waals surface area contributed by atoms with Crippen molar-refractivity contribution in [3.05, 3.63) is 0 Å². The summed E-state index contributed by atoms with van der Waals surface area (Å²) >= 11 is 0. The molecule has 0 saturated heterocycles. The van der Waals surface area contributed by atoms with Crippen LogP contribution in [0.5, 0.6) is 0 Å². The molecule has 0 radical (unpaired) electrons. The SMILES string of the molecule is CC(C)C.CCCC(C(=O)NCC(N)=O)N(CCC)C(=O)CNCCCC1CCCCC1. The van der Waals surface area contributed by atoms with Crippen molar-refractivity contribution in [3.8, 4) is 0 Å². The van der Waals surface area contributed by atoms with Crippen LogP contribution in [0.4, 0.5) is 0 Å². The minimum absolute atomic E-state index is 0.0628. The van der Waals surface area contributed by atoms with Gasteiger partial charge in [0, 0.05) is 6.54 Å². The average molecular weight is 455 g/mol. The van der Waals surface area contributed by atoms with Crippen molar-refractivity contribution in [1.29, 1.82) is 0 Å². The van der Waals surface area contributed by atoms with E-state index in [1.165, 1.54) is 38.5 Å². The highest BCUT2D eigenvalue weighted by atomic mass is 16.2. The zero-order valence-corrected chi connectivity index (χ0v) is 21.4. The lowest BCUT2D eigenvalue weighted by Crippen LogP contribution is -2.53. The van der Waals surface area contributed by atoms with Crippen molar-refractivity contribution in [2.75, 3.05) is 26.2 Å². The molecule has 1 atom stereocenters. The van der Waals surface area contributed by atoms with E-state index in [-0.39, 0.29) is 24.9 Å². The molecule has 0 spiro atoms. The molecule has 1 aliphatic rings. The number of carbonyl (C=O) groups is 3. The highest BCUT2D eigenvalue weighted by molar-refractivity contribution is 5.90. The van der Waals surface area contributed by atoms with Crippen molar-refractivity contribution < 1.29 is 14.4 Å². The fourth-order valence-electron chi connectivity index (χ4n) is 3.98. The summed E-state index contributed by atoms with van der Waals surface area (Å²) in [7, 11) is 0. The summed E-state index contributed by atoms with van der Waals surface area (Å²) in [4.78, 5) is 37.8. The molecule has 0 aliphatic heterocycles. The average Bonchev–Trinajstić information content (AvgIpc) is 2.74. The van der Waals surface area contributed by atoms with Crippen LogP contribution in [0.3, 0.4) is 0 Å². The van der Waals surface area contributed by atoms with E-state index in [9.17, 15) is 14.4 Å². The van der Waals surface area contributed by atoms with Gasteiger partial charge in [0.25, 0.3) is 0 Å². The fourth-order valence-corrected chi connectivity index (χ4v) is 3.98. The predicted molar refractivity (Wildman–Crippen MR) is 132 cm³/mol. The van der Waals surface area contributed by atoms with Crippen LogP contribution in [0.2, 0.25) is 0 Å². The molecule has 7 nitrogen and oxygen atoms in total. The number of nitrogens with zero attached hydrogens (tertiary/aromatic N) is 1. The van der Waals surface area contributed by atoms with Crippen LogP contribution in [0.1, 0.15) is 98.8 Å². The molecular weight excluding hydrogens is 404 g/mol. The number of primary amides is 1. The molecule has 1 rings (SSSR count). The van der Waals surface area contributed by atoms with Gasteiger partial charge in [-0.2, -0.15) is 0 Å². The van der Waals surface area contributed by atoms with E-state index in [0.29, 0.717) is 13.0 Å². The standard InChI is InChI=1S/C21H40N4O3.C4H10/c1-3-9-18(21(28)24-15-19(22)26)25(14-4-2)20(27)16-23-13-8-12-17-10-6-5-7-11-17;1-4(2)3/h17-18,23H,3-16H2,1-2H3,(H2,22,26)(H,24,28);4H,1-3H3. The zero-order chi connectivity index (χ0) is 24.4. The second-order valence-corrected chi connectivity index (χ2v) is 9.63. The zero-order valence-electron chi connectivity index (χ0n) is 21.4. The number of nitrogens with one attached hydrogen (secondary N) is 2. The van der Waals surface area contributed by atoms with Crippen LogP contribution in [-0.4, -0.2) is 54.8 Å². The Bertz CT molecular complexity index is 517.